The van der Waals surface area contributed by atoms with Crippen LogP contribution in [0.15, 0.2) is 42.5 Å². The van der Waals surface area contributed by atoms with Crippen molar-refractivity contribution in [2.24, 2.45) is 0 Å². The first-order chi connectivity index (χ1) is 14.6. The zero-order chi connectivity index (χ0) is 22.6. The molecule has 1 aliphatic heterocycles. The van der Waals surface area contributed by atoms with Crippen LogP contribution in [0, 0.1) is 0 Å². The summed E-state index contributed by atoms with van der Waals surface area (Å²) in [6.45, 7) is 0.254. The fourth-order valence-corrected chi connectivity index (χ4v) is 3.52. The van der Waals surface area contributed by atoms with Crippen LogP contribution < -0.4 is 15.4 Å². The van der Waals surface area contributed by atoms with Crippen molar-refractivity contribution in [3.8, 4) is 5.75 Å². The third-order valence-electron chi connectivity index (χ3n) is 4.68. The summed E-state index contributed by atoms with van der Waals surface area (Å²) in [5.41, 5.74) is -0.166. The number of likely N-dealkylation sites (N-methyl/N-ethyl adjacent to an activating group) is 1. The van der Waals surface area contributed by atoms with Crippen molar-refractivity contribution in [2.45, 2.75) is 18.6 Å². The summed E-state index contributed by atoms with van der Waals surface area (Å²) in [6.07, 6.45) is -4.00. The minimum atomic E-state index is -4.63. The highest BCUT2D eigenvalue weighted by molar-refractivity contribution is 6.31. The molecule has 10 heteroatoms. The average Bonchev–Trinajstić information content (AvgIpc) is 2.68. The van der Waals surface area contributed by atoms with Crippen molar-refractivity contribution in [3.05, 3.63) is 58.6 Å². The van der Waals surface area contributed by atoms with Gasteiger partial charge in [-0.25, -0.2) is 0 Å². The van der Waals surface area contributed by atoms with Crippen molar-refractivity contribution in [1.82, 2.24) is 10.2 Å². The Morgan fingerprint density at radius 2 is 1.87 bits per heavy atom. The maximum atomic E-state index is 12.9. The number of amides is 2. The lowest BCUT2D eigenvalue weighted by Crippen LogP contribution is -2.41. The Morgan fingerprint density at radius 3 is 2.61 bits per heavy atom. The van der Waals surface area contributed by atoms with Crippen LogP contribution in [0.1, 0.15) is 23.6 Å². The lowest BCUT2D eigenvalue weighted by molar-refractivity contribution is -0.137. The number of alkyl halides is 3. The maximum Gasteiger partial charge on any atom is 0.417 e. The Balaban J connectivity index is 1.52. The lowest BCUT2D eigenvalue weighted by atomic mass is 10.0. The molecule has 1 atom stereocenters. The van der Waals surface area contributed by atoms with Crippen molar-refractivity contribution in [1.29, 1.82) is 0 Å². The molecule has 0 aliphatic carbocycles. The van der Waals surface area contributed by atoms with Gasteiger partial charge in [-0.2, -0.15) is 13.2 Å². The van der Waals surface area contributed by atoms with Gasteiger partial charge in [0, 0.05) is 17.7 Å². The largest absolute Gasteiger partial charge is 0.493 e. The predicted molar refractivity (Wildman–Crippen MR) is 110 cm³/mol. The number of hydrogen-bond acceptors (Lipinski definition) is 4. The molecule has 2 N–H and O–H groups in total. The van der Waals surface area contributed by atoms with Crippen molar-refractivity contribution >= 4 is 29.1 Å². The van der Waals surface area contributed by atoms with Crippen LogP contribution in [0.3, 0.4) is 0 Å². The van der Waals surface area contributed by atoms with E-state index >= 15 is 0 Å². The molecule has 1 aliphatic rings. The molecule has 1 unspecified atom stereocenters. The zero-order valence-corrected chi connectivity index (χ0v) is 17.4. The number of rotatable bonds is 6. The van der Waals surface area contributed by atoms with Gasteiger partial charge in [-0.15, -0.1) is 0 Å². The van der Waals surface area contributed by atoms with Gasteiger partial charge in [0.2, 0.25) is 11.8 Å². The molecule has 0 radical (unpaired) electrons. The molecule has 2 amide bonds. The molecule has 0 bridgehead atoms. The molecular formula is C21H21ClF3N3O3. The molecule has 0 saturated heterocycles. The molecule has 2 aromatic carbocycles. The van der Waals surface area contributed by atoms with Gasteiger partial charge >= 0.3 is 6.18 Å². The second-order valence-electron chi connectivity index (χ2n) is 7.21. The Hall–Kier alpha value is -2.78. The summed E-state index contributed by atoms with van der Waals surface area (Å²) >= 11 is 5.58. The number of anilines is 1. The molecular weight excluding hydrogens is 435 g/mol. The van der Waals surface area contributed by atoms with E-state index in [0.717, 1.165) is 23.4 Å². The molecule has 0 saturated carbocycles. The number of carbonyl (C=O) groups excluding carboxylic acids is 2. The Labute approximate surface area is 182 Å². The van der Waals surface area contributed by atoms with Crippen LogP contribution >= 0.6 is 11.6 Å². The number of ether oxygens (including phenoxy) is 1. The smallest absolute Gasteiger partial charge is 0.417 e. The van der Waals surface area contributed by atoms with E-state index in [-0.39, 0.29) is 30.7 Å². The normalized spacial score (nSPS) is 15.7. The van der Waals surface area contributed by atoms with E-state index < -0.39 is 22.7 Å². The van der Waals surface area contributed by atoms with Crippen molar-refractivity contribution < 1.29 is 27.5 Å². The van der Waals surface area contributed by atoms with Crippen LogP contribution in [0.2, 0.25) is 5.02 Å². The van der Waals surface area contributed by atoms with Crippen LogP contribution in [0.4, 0.5) is 18.9 Å². The highest BCUT2D eigenvalue weighted by Gasteiger charge is 2.33. The first kappa shape index (κ1) is 22.9. The molecule has 0 aromatic heterocycles. The molecule has 3 rings (SSSR count). The summed E-state index contributed by atoms with van der Waals surface area (Å²) in [5, 5.41) is 4.87. The molecule has 1 heterocycles. The minimum absolute atomic E-state index is 0.0293. The minimum Gasteiger partial charge on any atom is -0.493 e. The van der Waals surface area contributed by atoms with Gasteiger partial charge in [-0.05, 0) is 31.3 Å². The van der Waals surface area contributed by atoms with Crippen molar-refractivity contribution in [2.75, 3.05) is 32.1 Å². The van der Waals surface area contributed by atoms with Crippen LogP contribution in [0.25, 0.3) is 0 Å². The van der Waals surface area contributed by atoms with Gasteiger partial charge in [-0.3, -0.25) is 14.5 Å². The van der Waals surface area contributed by atoms with Crippen LogP contribution in [-0.2, 0) is 15.8 Å². The van der Waals surface area contributed by atoms with Gasteiger partial charge in [0.15, 0.2) is 0 Å². The average molecular weight is 456 g/mol. The number of nitrogens with one attached hydrogen (secondary N) is 2. The fraction of sp³-hybridized carbons (Fsp3) is 0.333. The van der Waals surface area contributed by atoms with E-state index in [2.05, 4.69) is 10.6 Å². The number of halogens is 4. The van der Waals surface area contributed by atoms with Gasteiger partial charge in [0.05, 0.1) is 36.3 Å². The molecule has 166 valence electrons. The van der Waals surface area contributed by atoms with Gasteiger partial charge in [0.25, 0.3) is 0 Å². The van der Waals surface area contributed by atoms with Gasteiger partial charge < -0.3 is 15.4 Å². The summed E-state index contributed by atoms with van der Waals surface area (Å²) in [5.74, 6) is -0.0991. The third-order valence-corrected chi connectivity index (χ3v) is 5.01. The predicted octanol–water partition coefficient (Wildman–Crippen LogP) is 3.87. The van der Waals surface area contributed by atoms with Gasteiger partial charge in [0.1, 0.15) is 5.75 Å². The van der Waals surface area contributed by atoms with Crippen LogP contribution in [-0.4, -0.2) is 43.5 Å². The number of carbonyl (C=O) groups is 2. The number of benzene rings is 2. The third kappa shape index (κ3) is 6.11. The van der Waals surface area contributed by atoms with E-state index in [1.165, 1.54) is 11.0 Å². The summed E-state index contributed by atoms with van der Waals surface area (Å²) in [4.78, 5) is 26.1. The second kappa shape index (κ2) is 9.57. The molecule has 2 aromatic rings. The fourth-order valence-electron chi connectivity index (χ4n) is 3.30. The number of hydrogen-bond donors (Lipinski definition) is 2. The summed E-state index contributed by atoms with van der Waals surface area (Å²) in [7, 11) is 1.57. The monoisotopic (exact) mass is 455 g/mol. The van der Waals surface area contributed by atoms with Crippen LogP contribution in [0.5, 0.6) is 5.75 Å². The Morgan fingerprint density at radius 1 is 1.16 bits per heavy atom. The highest BCUT2D eigenvalue weighted by Crippen LogP contribution is 2.36. The molecule has 0 fully saturated rings. The number of fused-ring (bicyclic) bond motifs is 1. The number of para-hydroxylation sites is 1. The van der Waals surface area contributed by atoms with E-state index in [9.17, 15) is 22.8 Å². The molecule has 31 heavy (non-hydrogen) atoms. The van der Waals surface area contributed by atoms with Crippen molar-refractivity contribution in [3.63, 3.8) is 0 Å². The van der Waals surface area contributed by atoms with Gasteiger partial charge in [-0.1, -0.05) is 29.8 Å². The van der Waals surface area contributed by atoms with E-state index in [1.54, 1.807) is 7.05 Å². The van der Waals surface area contributed by atoms with E-state index in [0.29, 0.717) is 13.0 Å². The molecule has 0 spiro atoms. The molecule has 6 nitrogen and oxygen atoms in total. The summed E-state index contributed by atoms with van der Waals surface area (Å²) < 4.78 is 44.4. The first-order valence-corrected chi connectivity index (χ1v) is 9.87. The highest BCUT2D eigenvalue weighted by atomic mass is 35.5. The summed E-state index contributed by atoms with van der Waals surface area (Å²) in [6, 6.07) is 10.4. The standard InChI is InChI=1S/C21H21ClF3N3O3/c1-28(11-19(29)26-13-6-7-16(22)15(10-13)21(23,24)25)12-20(30)27-17-8-9-31-18-5-3-2-4-14(17)18/h2-7,10,17H,8-9,11-12H2,1H3,(H,26,29)(H,27,30). The Bertz CT molecular complexity index is 968. The van der Waals surface area contributed by atoms with E-state index in [1.807, 2.05) is 24.3 Å². The topological polar surface area (TPSA) is 70.7 Å². The lowest BCUT2D eigenvalue weighted by Gasteiger charge is -2.27. The SMILES string of the molecule is CN(CC(=O)Nc1ccc(Cl)c(C(F)(F)F)c1)CC(=O)NC1CCOc2ccccc21. The maximum absolute atomic E-state index is 12.9. The zero-order valence-electron chi connectivity index (χ0n) is 16.6. The Kier molecular flexibility index (Phi) is 7.07. The second-order valence-corrected chi connectivity index (χ2v) is 7.62. The quantitative estimate of drug-likeness (QED) is 0.693. The first-order valence-electron chi connectivity index (χ1n) is 9.49. The van der Waals surface area contributed by atoms with E-state index in [4.69, 9.17) is 16.3 Å². The number of nitrogens with zero attached hydrogens (tertiary/aromatic N) is 1.